The summed E-state index contributed by atoms with van der Waals surface area (Å²) < 4.78 is 15.6. The molecule has 0 unspecified atom stereocenters. The third-order valence-electron chi connectivity index (χ3n) is 6.52. The summed E-state index contributed by atoms with van der Waals surface area (Å²) in [6.45, 7) is 4.26. The number of aliphatic imine (C=N–C) groups is 1. The maximum Gasteiger partial charge on any atom is 0.192 e. The van der Waals surface area contributed by atoms with Crippen molar-refractivity contribution in [2.75, 3.05) is 18.0 Å². The number of rotatable bonds is 5. The molecule has 8 heteroatoms. The van der Waals surface area contributed by atoms with E-state index in [1.807, 2.05) is 24.6 Å². The monoisotopic (exact) mass is 427 g/mol. The summed E-state index contributed by atoms with van der Waals surface area (Å²) in [7, 11) is 1.98. The van der Waals surface area contributed by atoms with Gasteiger partial charge in [-0.25, -0.2) is 9.38 Å². The average molecular weight is 428 g/mol. The number of hydrogen-bond donors (Lipinski definition) is 2. The molecule has 4 rings (SSSR count). The van der Waals surface area contributed by atoms with Gasteiger partial charge in [-0.1, -0.05) is 25.3 Å². The van der Waals surface area contributed by atoms with Crippen LogP contribution >= 0.6 is 0 Å². The van der Waals surface area contributed by atoms with Gasteiger partial charge in [0.2, 0.25) is 0 Å². The third-order valence-corrected chi connectivity index (χ3v) is 6.52. The fraction of sp³-hybridized carbons (Fsp3) is 0.609. The maximum atomic E-state index is 13.6. The molecule has 0 atom stereocenters. The molecule has 0 spiro atoms. The SMILES string of the molecule is Cc1nnc(CN=C(NC2CCCCC2)NC2CCN(c3cccc(F)c3)CC2)n1C. The Hall–Kier alpha value is -2.64. The van der Waals surface area contributed by atoms with E-state index in [2.05, 4.69) is 25.7 Å². The minimum Gasteiger partial charge on any atom is -0.371 e. The van der Waals surface area contributed by atoms with E-state index in [-0.39, 0.29) is 5.82 Å². The normalized spacial score (nSPS) is 18.9. The molecule has 2 fully saturated rings. The molecule has 0 radical (unpaired) electrons. The van der Waals surface area contributed by atoms with Crippen LogP contribution < -0.4 is 15.5 Å². The molecule has 31 heavy (non-hydrogen) atoms. The van der Waals surface area contributed by atoms with Gasteiger partial charge in [-0.15, -0.1) is 10.2 Å². The first-order chi connectivity index (χ1) is 15.1. The van der Waals surface area contributed by atoms with Crippen molar-refractivity contribution >= 4 is 11.6 Å². The minimum atomic E-state index is -0.178. The molecule has 168 valence electrons. The number of nitrogens with one attached hydrogen (secondary N) is 2. The molecule has 2 N–H and O–H groups in total. The lowest BCUT2D eigenvalue weighted by atomic mass is 9.95. The van der Waals surface area contributed by atoms with Crippen LogP contribution in [0.2, 0.25) is 0 Å². The van der Waals surface area contributed by atoms with Crippen molar-refractivity contribution in [2.45, 2.75) is 70.5 Å². The number of nitrogens with zero attached hydrogens (tertiary/aromatic N) is 5. The molecular formula is C23H34FN7. The number of aromatic nitrogens is 3. The van der Waals surface area contributed by atoms with Crippen LogP contribution in [0.25, 0.3) is 0 Å². The van der Waals surface area contributed by atoms with Gasteiger partial charge in [0.15, 0.2) is 11.8 Å². The Balaban J connectivity index is 1.38. The Bertz CT molecular complexity index is 880. The van der Waals surface area contributed by atoms with Gasteiger partial charge in [0.25, 0.3) is 0 Å². The van der Waals surface area contributed by atoms with E-state index >= 15 is 0 Å². The number of hydrogen-bond acceptors (Lipinski definition) is 4. The Morgan fingerprint density at radius 2 is 1.77 bits per heavy atom. The van der Waals surface area contributed by atoms with Crippen LogP contribution in [-0.4, -0.2) is 45.9 Å². The molecule has 0 bridgehead atoms. The Labute approximate surface area is 184 Å². The predicted molar refractivity (Wildman–Crippen MR) is 122 cm³/mol. The Kier molecular flexibility index (Phi) is 7.04. The van der Waals surface area contributed by atoms with Crippen LogP contribution in [0.4, 0.5) is 10.1 Å². The topological polar surface area (TPSA) is 70.4 Å². The van der Waals surface area contributed by atoms with Crippen molar-refractivity contribution in [3.63, 3.8) is 0 Å². The number of piperidine rings is 1. The Morgan fingerprint density at radius 1 is 1.06 bits per heavy atom. The molecule has 1 aliphatic heterocycles. The molecule has 2 heterocycles. The van der Waals surface area contributed by atoms with E-state index in [1.54, 1.807) is 12.1 Å². The highest BCUT2D eigenvalue weighted by Gasteiger charge is 2.22. The molecule has 1 aromatic heterocycles. The van der Waals surface area contributed by atoms with Gasteiger partial charge >= 0.3 is 0 Å². The molecule has 1 saturated heterocycles. The van der Waals surface area contributed by atoms with Gasteiger partial charge in [0.05, 0.1) is 0 Å². The summed E-state index contributed by atoms with van der Waals surface area (Å²) >= 11 is 0. The number of benzene rings is 1. The highest BCUT2D eigenvalue weighted by Crippen LogP contribution is 2.21. The van der Waals surface area contributed by atoms with Crippen LogP contribution in [0.3, 0.4) is 0 Å². The lowest BCUT2D eigenvalue weighted by Crippen LogP contribution is -2.51. The quantitative estimate of drug-likeness (QED) is 0.566. The molecule has 0 amide bonds. The summed E-state index contributed by atoms with van der Waals surface area (Å²) in [5, 5.41) is 15.7. The second-order valence-electron chi connectivity index (χ2n) is 8.75. The van der Waals surface area contributed by atoms with Crippen molar-refractivity contribution < 1.29 is 4.39 Å². The zero-order chi connectivity index (χ0) is 21.6. The fourth-order valence-corrected chi connectivity index (χ4v) is 4.46. The average Bonchev–Trinajstić information content (AvgIpc) is 3.11. The molecule has 2 aliphatic rings. The first-order valence-corrected chi connectivity index (χ1v) is 11.5. The standard InChI is InChI=1S/C23H34FN7/c1-17-28-29-22(30(17)2)16-25-23(26-19-8-4-3-5-9-19)27-20-11-13-31(14-12-20)21-10-6-7-18(24)15-21/h6-7,10,15,19-20H,3-5,8-9,11-14,16H2,1-2H3,(H2,25,26,27). The highest BCUT2D eigenvalue weighted by atomic mass is 19.1. The molecule has 1 aromatic carbocycles. The summed E-state index contributed by atoms with van der Waals surface area (Å²) in [5.74, 6) is 2.45. The van der Waals surface area contributed by atoms with Crippen molar-refractivity contribution in [3.05, 3.63) is 41.7 Å². The number of guanidine groups is 1. The minimum absolute atomic E-state index is 0.178. The van der Waals surface area contributed by atoms with Crippen LogP contribution in [0.1, 0.15) is 56.6 Å². The van der Waals surface area contributed by atoms with Crippen molar-refractivity contribution in [2.24, 2.45) is 12.0 Å². The van der Waals surface area contributed by atoms with Gasteiger partial charge in [0, 0.05) is 37.9 Å². The van der Waals surface area contributed by atoms with Crippen LogP contribution in [0.5, 0.6) is 0 Å². The predicted octanol–water partition coefficient (Wildman–Crippen LogP) is 3.30. The molecule has 1 aliphatic carbocycles. The van der Waals surface area contributed by atoms with E-state index in [4.69, 9.17) is 4.99 Å². The van der Waals surface area contributed by atoms with Gasteiger partial charge in [0.1, 0.15) is 18.2 Å². The fourth-order valence-electron chi connectivity index (χ4n) is 4.46. The van der Waals surface area contributed by atoms with Crippen molar-refractivity contribution in [1.29, 1.82) is 0 Å². The number of anilines is 1. The lowest BCUT2D eigenvalue weighted by molar-refractivity contribution is 0.401. The summed E-state index contributed by atoms with van der Waals surface area (Å²) in [6.07, 6.45) is 8.26. The van der Waals surface area contributed by atoms with E-state index < -0.39 is 0 Å². The Morgan fingerprint density at radius 3 is 2.42 bits per heavy atom. The van der Waals surface area contributed by atoms with Gasteiger partial charge in [-0.2, -0.15) is 0 Å². The maximum absolute atomic E-state index is 13.6. The van der Waals surface area contributed by atoms with Crippen LogP contribution in [-0.2, 0) is 13.6 Å². The van der Waals surface area contributed by atoms with E-state index in [0.717, 1.165) is 49.2 Å². The molecule has 1 saturated carbocycles. The third kappa shape index (κ3) is 5.74. The first-order valence-electron chi connectivity index (χ1n) is 11.5. The van der Waals surface area contributed by atoms with E-state index in [0.29, 0.717) is 18.6 Å². The van der Waals surface area contributed by atoms with Crippen molar-refractivity contribution in [3.8, 4) is 0 Å². The largest absolute Gasteiger partial charge is 0.371 e. The molecular weight excluding hydrogens is 393 g/mol. The van der Waals surface area contributed by atoms with Crippen LogP contribution in [0.15, 0.2) is 29.3 Å². The lowest BCUT2D eigenvalue weighted by Gasteiger charge is -2.35. The highest BCUT2D eigenvalue weighted by molar-refractivity contribution is 5.80. The van der Waals surface area contributed by atoms with Gasteiger partial charge in [-0.3, -0.25) is 0 Å². The summed E-state index contributed by atoms with van der Waals surface area (Å²) in [6, 6.07) is 7.71. The number of aryl methyl sites for hydroxylation is 1. The zero-order valence-electron chi connectivity index (χ0n) is 18.6. The smallest absolute Gasteiger partial charge is 0.192 e. The zero-order valence-corrected chi connectivity index (χ0v) is 18.6. The van der Waals surface area contributed by atoms with Crippen molar-refractivity contribution in [1.82, 2.24) is 25.4 Å². The summed E-state index contributed by atoms with van der Waals surface area (Å²) in [5.41, 5.74) is 0.963. The number of halogens is 1. The van der Waals surface area contributed by atoms with Gasteiger partial charge in [-0.05, 0) is 50.8 Å². The molecule has 7 nitrogen and oxygen atoms in total. The van der Waals surface area contributed by atoms with Gasteiger partial charge < -0.3 is 20.1 Å². The second-order valence-corrected chi connectivity index (χ2v) is 8.75. The van der Waals surface area contributed by atoms with Crippen LogP contribution in [0, 0.1) is 12.7 Å². The summed E-state index contributed by atoms with van der Waals surface area (Å²) in [4.78, 5) is 7.11. The second kappa shape index (κ2) is 10.1. The van der Waals surface area contributed by atoms with E-state index in [9.17, 15) is 4.39 Å². The molecule has 2 aromatic rings. The first kappa shape index (κ1) is 21.6. The van der Waals surface area contributed by atoms with E-state index in [1.165, 1.54) is 38.2 Å².